The van der Waals surface area contributed by atoms with Crippen LogP contribution in [0.3, 0.4) is 0 Å². The summed E-state index contributed by atoms with van der Waals surface area (Å²) in [6.07, 6.45) is 7.33. The molecule has 1 N–H and O–H groups in total. The molecule has 1 aromatic carbocycles. The van der Waals surface area contributed by atoms with Gasteiger partial charge in [-0.25, -0.2) is 0 Å². The first-order valence-electron chi connectivity index (χ1n) is 10.7. The molecule has 0 fully saturated rings. The molecule has 0 atom stereocenters. The second-order valence-electron chi connectivity index (χ2n) is 7.62. The van der Waals surface area contributed by atoms with Crippen molar-refractivity contribution in [1.82, 2.24) is 19.9 Å². The van der Waals surface area contributed by atoms with E-state index in [4.69, 9.17) is 16.3 Å². The number of ether oxygens (including phenoxy) is 1. The molecule has 0 aliphatic heterocycles. The van der Waals surface area contributed by atoms with Crippen molar-refractivity contribution in [2.75, 3.05) is 20.2 Å². The van der Waals surface area contributed by atoms with Crippen LogP contribution in [0.25, 0.3) is 33.4 Å². The van der Waals surface area contributed by atoms with Crippen molar-refractivity contribution in [3.8, 4) is 28.1 Å². The molecular weight excluding hydrogens is 436 g/mol. The Hall–Kier alpha value is -3.64. The van der Waals surface area contributed by atoms with Crippen molar-refractivity contribution >= 4 is 28.5 Å². The Morgan fingerprint density at radius 3 is 2.91 bits per heavy atom. The predicted octanol–water partition coefficient (Wildman–Crippen LogP) is 5.53. The molecule has 4 rings (SSSR count). The molecule has 1 amide bonds. The smallest absolute Gasteiger partial charge is 0.245 e. The van der Waals surface area contributed by atoms with E-state index >= 15 is 0 Å². The fraction of sp³-hybridized carbons (Fsp3) is 0.192. The van der Waals surface area contributed by atoms with E-state index in [2.05, 4.69) is 34.5 Å². The minimum Gasteiger partial charge on any atom is -0.489 e. The van der Waals surface area contributed by atoms with Gasteiger partial charge in [-0.1, -0.05) is 31.2 Å². The largest absolute Gasteiger partial charge is 0.489 e. The Kier molecular flexibility index (Phi) is 6.75. The average Bonchev–Trinajstić information content (AvgIpc) is 3.23. The van der Waals surface area contributed by atoms with Crippen LogP contribution in [-0.2, 0) is 11.2 Å². The van der Waals surface area contributed by atoms with E-state index in [1.54, 1.807) is 30.5 Å². The number of likely N-dealkylation sites (N-methyl/N-ethyl adjacent to an activating group) is 1. The number of rotatable bonds is 8. The molecule has 168 valence electrons. The summed E-state index contributed by atoms with van der Waals surface area (Å²) in [6, 6.07) is 11.9. The van der Waals surface area contributed by atoms with Crippen LogP contribution in [-0.4, -0.2) is 46.0 Å². The highest BCUT2D eigenvalue weighted by Gasteiger charge is 2.20. The van der Waals surface area contributed by atoms with E-state index in [1.807, 2.05) is 30.3 Å². The first kappa shape index (κ1) is 22.6. The van der Waals surface area contributed by atoms with Crippen molar-refractivity contribution in [2.45, 2.75) is 13.3 Å². The van der Waals surface area contributed by atoms with Crippen LogP contribution in [0.2, 0.25) is 5.02 Å². The van der Waals surface area contributed by atoms with Gasteiger partial charge in [0.2, 0.25) is 5.91 Å². The highest BCUT2D eigenvalue weighted by molar-refractivity contribution is 6.31. The quantitative estimate of drug-likeness (QED) is 0.351. The lowest BCUT2D eigenvalue weighted by Crippen LogP contribution is -2.29. The summed E-state index contributed by atoms with van der Waals surface area (Å²) >= 11 is 6.39. The maximum Gasteiger partial charge on any atom is 0.245 e. The molecule has 33 heavy (non-hydrogen) atoms. The van der Waals surface area contributed by atoms with Gasteiger partial charge in [0.25, 0.3) is 0 Å². The molecule has 0 bridgehead atoms. The first-order chi connectivity index (χ1) is 16.0. The summed E-state index contributed by atoms with van der Waals surface area (Å²) in [5.74, 6) is 0.470. The molecule has 6 nitrogen and oxygen atoms in total. The van der Waals surface area contributed by atoms with Crippen molar-refractivity contribution in [3.63, 3.8) is 0 Å². The SMILES string of the molecule is C=CC(=O)N(C)CCOc1cnccc1-c1[nH]c2cccnc2c1-c1ccc(Cl)c(CC)c1. The number of amides is 1. The molecule has 7 heteroatoms. The number of pyridine rings is 2. The average molecular weight is 461 g/mol. The molecule has 0 saturated carbocycles. The van der Waals surface area contributed by atoms with Crippen LogP contribution >= 0.6 is 11.6 Å². The standard InChI is InChI=1S/C26H25ClN4O2/c1-4-17-15-18(8-9-20(17)27)24-25(30-21-7-6-11-29-26(21)24)19-10-12-28-16-22(19)33-14-13-31(3)23(32)5-2/h5-12,15-16,30H,2,4,13-14H2,1,3H3. The summed E-state index contributed by atoms with van der Waals surface area (Å²) in [7, 11) is 1.71. The molecule has 0 spiro atoms. The third-order valence-corrected chi connectivity index (χ3v) is 5.93. The number of hydrogen-bond acceptors (Lipinski definition) is 4. The molecular formula is C26H25ClN4O2. The fourth-order valence-corrected chi connectivity index (χ4v) is 4.02. The van der Waals surface area contributed by atoms with Crippen molar-refractivity contribution in [3.05, 3.63) is 78.2 Å². The molecule has 3 aromatic heterocycles. The highest BCUT2D eigenvalue weighted by atomic mass is 35.5. The third kappa shape index (κ3) is 4.61. The number of halogens is 1. The first-order valence-corrected chi connectivity index (χ1v) is 11.1. The number of fused-ring (bicyclic) bond motifs is 1. The second-order valence-corrected chi connectivity index (χ2v) is 8.03. The van der Waals surface area contributed by atoms with Gasteiger partial charge in [-0.2, -0.15) is 0 Å². The number of carbonyl (C=O) groups excluding carboxylic acids is 1. The van der Waals surface area contributed by atoms with E-state index in [0.29, 0.717) is 18.9 Å². The van der Waals surface area contributed by atoms with Crippen LogP contribution in [0, 0.1) is 0 Å². The van der Waals surface area contributed by atoms with Gasteiger partial charge in [0.1, 0.15) is 12.4 Å². The van der Waals surface area contributed by atoms with Gasteiger partial charge in [-0.05, 0) is 54.0 Å². The van der Waals surface area contributed by atoms with Gasteiger partial charge >= 0.3 is 0 Å². The van der Waals surface area contributed by atoms with Crippen LogP contribution in [0.1, 0.15) is 12.5 Å². The number of hydrogen-bond donors (Lipinski definition) is 1. The van der Waals surface area contributed by atoms with Crippen LogP contribution in [0.15, 0.2) is 67.6 Å². The van der Waals surface area contributed by atoms with Gasteiger partial charge in [-0.3, -0.25) is 14.8 Å². The number of benzene rings is 1. The Morgan fingerprint density at radius 2 is 2.12 bits per heavy atom. The molecule has 3 heterocycles. The van der Waals surface area contributed by atoms with Crippen molar-refractivity contribution in [1.29, 1.82) is 0 Å². The summed E-state index contributed by atoms with van der Waals surface area (Å²) < 4.78 is 6.06. The molecule has 0 aliphatic carbocycles. The number of aryl methyl sites for hydroxylation is 1. The van der Waals surface area contributed by atoms with Crippen LogP contribution < -0.4 is 4.74 Å². The minimum absolute atomic E-state index is 0.150. The lowest BCUT2D eigenvalue weighted by atomic mass is 9.98. The number of aromatic amines is 1. The maximum atomic E-state index is 11.7. The van der Waals surface area contributed by atoms with Crippen molar-refractivity contribution < 1.29 is 9.53 Å². The lowest BCUT2D eigenvalue weighted by Gasteiger charge is -2.17. The molecule has 0 aliphatic rings. The molecule has 4 aromatic rings. The van der Waals surface area contributed by atoms with Crippen LogP contribution in [0.4, 0.5) is 0 Å². The van der Waals surface area contributed by atoms with Gasteiger partial charge in [0.15, 0.2) is 0 Å². The summed E-state index contributed by atoms with van der Waals surface area (Å²) in [5.41, 5.74) is 6.63. The minimum atomic E-state index is -0.150. The van der Waals surface area contributed by atoms with E-state index in [0.717, 1.165) is 50.4 Å². The summed E-state index contributed by atoms with van der Waals surface area (Å²) in [6.45, 7) is 6.35. The Morgan fingerprint density at radius 1 is 1.27 bits per heavy atom. The zero-order valence-electron chi connectivity index (χ0n) is 18.6. The lowest BCUT2D eigenvalue weighted by molar-refractivity contribution is -0.125. The maximum absolute atomic E-state index is 11.7. The second kappa shape index (κ2) is 9.88. The number of H-pyrrole nitrogens is 1. The molecule has 0 radical (unpaired) electrons. The predicted molar refractivity (Wildman–Crippen MR) is 132 cm³/mol. The van der Waals surface area contributed by atoms with Gasteiger partial charge in [-0.15, -0.1) is 0 Å². The highest BCUT2D eigenvalue weighted by Crippen LogP contribution is 2.41. The summed E-state index contributed by atoms with van der Waals surface area (Å²) in [5, 5.41) is 0.752. The monoisotopic (exact) mass is 460 g/mol. The van der Waals surface area contributed by atoms with Gasteiger partial charge in [0.05, 0.1) is 29.5 Å². The Balaban J connectivity index is 1.78. The zero-order chi connectivity index (χ0) is 23.4. The molecule has 0 saturated heterocycles. The normalized spacial score (nSPS) is 10.9. The Labute approximate surface area is 197 Å². The number of aromatic nitrogens is 3. The van der Waals surface area contributed by atoms with E-state index in [9.17, 15) is 4.79 Å². The summed E-state index contributed by atoms with van der Waals surface area (Å²) in [4.78, 5) is 25.7. The van der Waals surface area contributed by atoms with Crippen LogP contribution in [0.5, 0.6) is 5.75 Å². The fourth-order valence-electron chi connectivity index (χ4n) is 3.77. The topological polar surface area (TPSA) is 71.1 Å². The van der Waals surface area contributed by atoms with E-state index in [1.165, 1.54) is 6.08 Å². The third-order valence-electron chi connectivity index (χ3n) is 5.56. The number of nitrogens with zero attached hydrogens (tertiary/aromatic N) is 3. The molecule has 0 unspecified atom stereocenters. The van der Waals surface area contributed by atoms with E-state index < -0.39 is 0 Å². The number of carbonyl (C=O) groups is 1. The van der Waals surface area contributed by atoms with Crippen molar-refractivity contribution in [2.24, 2.45) is 0 Å². The van der Waals surface area contributed by atoms with E-state index in [-0.39, 0.29) is 5.91 Å². The zero-order valence-corrected chi connectivity index (χ0v) is 19.4. The van der Waals surface area contributed by atoms with Gasteiger partial charge < -0.3 is 14.6 Å². The van der Waals surface area contributed by atoms with Gasteiger partial charge in [0, 0.05) is 35.6 Å². The number of nitrogens with one attached hydrogen (secondary N) is 1. The Bertz CT molecular complexity index is 1310.